The molecule has 2 unspecified atom stereocenters. The highest BCUT2D eigenvalue weighted by Gasteiger charge is 2.53. The first kappa shape index (κ1) is 15.8. The molecule has 0 aliphatic carbocycles. The van der Waals surface area contributed by atoms with E-state index in [0.29, 0.717) is 5.69 Å². The summed E-state index contributed by atoms with van der Waals surface area (Å²) >= 11 is 0. The number of urea groups is 1. The number of nitrogens with one attached hydrogen (secondary N) is 2. The molecule has 1 aromatic rings. The van der Waals surface area contributed by atoms with E-state index >= 15 is 0 Å². The Bertz CT molecular complexity index is 599. The Morgan fingerprint density at radius 1 is 1.41 bits per heavy atom. The Morgan fingerprint density at radius 3 is 2.64 bits per heavy atom. The van der Waals surface area contributed by atoms with Crippen LogP contribution in [0.5, 0.6) is 0 Å². The lowest BCUT2D eigenvalue weighted by Crippen LogP contribution is -2.47. The third-order valence-electron chi connectivity index (χ3n) is 3.52. The number of carbonyl (C=O) groups is 3. The molecule has 1 heterocycles. The van der Waals surface area contributed by atoms with Gasteiger partial charge in [-0.1, -0.05) is 24.3 Å². The fraction of sp³-hybridized carbons (Fsp3) is 0.312. The number of imide groups is 1. The first-order chi connectivity index (χ1) is 10.5. The average Bonchev–Trinajstić information content (AvgIpc) is 2.75. The van der Waals surface area contributed by atoms with E-state index in [9.17, 15) is 14.4 Å². The van der Waals surface area contributed by atoms with Crippen LogP contribution in [0.3, 0.4) is 0 Å². The molecule has 6 heteroatoms. The van der Waals surface area contributed by atoms with Crippen LogP contribution in [-0.4, -0.2) is 24.0 Å². The number of carbonyl (C=O) groups excluding carboxylic acids is 3. The summed E-state index contributed by atoms with van der Waals surface area (Å²) < 4.78 is 5.07. The van der Waals surface area contributed by atoms with Crippen molar-refractivity contribution in [1.82, 2.24) is 5.32 Å². The predicted molar refractivity (Wildman–Crippen MR) is 81.0 cm³/mol. The van der Waals surface area contributed by atoms with Crippen molar-refractivity contribution in [2.24, 2.45) is 5.41 Å². The number of cyclic esters (lactones) is 1. The zero-order valence-corrected chi connectivity index (χ0v) is 12.3. The molecule has 0 saturated carbocycles. The highest BCUT2D eigenvalue weighted by molar-refractivity contribution is 6.11. The molecule has 0 spiro atoms. The minimum atomic E-state index is -1.38. The van der Waals surface area contributed by atoms with E-state index in [1.807, 2.05) is 6.07 Å². The molecule has 22 heavy (non-hydrogen) atoms. The summed E-state index contributed by atoms with van der Waals surface area (Å²) in [5.74, 6) is -1.29. The van der Waals surface area contributed by atoms with Gasteiger partial charge in [0.15, 0.2) is 5.41 Å². The first-order valence-corrected chi connectivity index (χ1v) is 6.97. The van der Waals surface area contributed by atoms with Gasteiger partial charge in [-0.15, -0.1) is 6.58 Å². The van der Waals surface area contributed by atoms with Crippen LogP contribution >= 0.6 is 0 Å². The molecule has 2 rings (SSSR count). The van der Waals surface area contributed by atoms with E-state index < -0.39 is 23.3 Å². The minimum absolute atomic E-state index is 0.126. The molecule has 1 aliphatic heterocycles. The lowest BCUT2D eigenvalue weighted by atomic mass is 9.80. The second kappa shape index (κ2) is 6.43. The molecule has 0 bridgehead atoms. The van der Waals surface area contributed by atoms with Crippen LogP contribution in [0.2, 0.25) is 0 Å². The van der Waals surface area contributed by atoms with Crippen molar-refractivity contribution in [1.29, 1.82) is 0 Å². The van der Waals surface area contributed by atoms with Crippen molar-refractivity contribution in [2.75, 3.05) is 5.32 Å². The Labute approximate surface area is 128 Å². The van der Waals surface area contributed by atoms with Gasteiger partial charge in [0.2, 0.25) is 5.91 Å². The van der Waals surface area contributed by atoms with Gasteiger partial charge in [0, 0.05) is 12.1 Å². The molecule has 1 aromatic carbocycles. The van der Waals surface area contributed by atoms with Gasteiger partial charge in [0.1, 0.15) is 6.10 Å². The summed E-state index contributed by atoms with van der Waals surface area (Å²) in [6.07, 6.45) is 1.46. The van der Waals surface area contributed by atoms with Crippen LogP contribution in [0.1, 0.15) is 19.8 Å². The zero-order chi connectivity index (χ0) is 16.2. The fourth-order valence-electron chi connectivity index (χ4n) is 2.51. The van der Waals surface area contributed by atoms with Gasteiger partial charge in [-0.05, 0) is 25.5 Å². The van der Waals surface area contributed by atoms with Crippen LogP contribution in [-0.2, 0) is 14.3 Å². The quantitative estimate of drug-likeness (QED) is 0.507. The molecule has 116 valence electrons. The SMILES string of the molecule is C=CCC1(C(=O)NC(=O)Nc2ccccc2)CC(C)OC1=O. The maximum absolute atomic E-state index is 12.4. The summed E-state index contributed by atoms with van der Waals surface area (Å²) in [4.78, 5) is 36.3. The standard InChI is InChI=1S/C16H18N2O4/c1-3-9-16(10-11(2)22-14(16)20)13(19)18-15(21)17-12-7-5-4-6-8-12/h3-8,11H,1,9-10H2,2H3,(H2,17,18,19,21). The molecule has 3 amide bonds. The number of para-hydroxylation sites is 1. The first-order valence-electron chi connectivity index (χ1n) is 6.97. The van der Waals surface area contributed by atoms with Gasteiger partial charge in [-0.2, -0.15) is 0 Å². The monoisotopic (exact) mass is 302 g/mol. The van der Waals surface area contributed by atoms with Crippen molar-refractivity contribution >= 4 is 23.6 Å². The van der Waals surface area contributed by atoms with Gasteiger partial charge in [-0.3, -0.25) is 14.9 Å². The summed E-state index contributed by atoms with van der Waals surface area (Å²) in [7, 11) is 0. The summed E-state index contributed by atoms with van der Waals surface area (Å²) in [6.45, 7) is 5.28. The maximum atomic E-state index is 12.4. The van der Waals surface area contributed by atoms with E-state index in [4.69, 9.17) is 4.74 Å². The molecule has 1 fully saturated rings. The van der Waals surface area contributed by atoms with Crippen LogP contribution in [0, 0.1) is 5.41 Å². The molecule has 0 aromatic heterocycles. The van der Waals surface area contributed by atoms with E-state index in [2.05, 4.69) is 17.2 Å². The predicted octanol–water partition coefficient (Wildman–Crippen LogP) is 2.23. The van der Waals surface area contributed by atoms with Gasteiger partial charge in [-0.25, -0.2) is 4.79 Å². The lowest BCUT2D eigenvalue weighted by molar-refractivity contribution is -0.152. The van der Waals surface area contributed by atoms with Crippen LogP contribution in [0.15, 0.2) is 43.0 Å². The van der Waals surface area contributed by atoms with E-state index in [1.165, 1.54) is 6.08 Å². The summed E-state index contributed by atoms with van der Waals surface area (Å²) in [5.41, 5.74) is -0.831. The van der Waals surface area contributed by atoms with E-state index in [1.54, 1.807) is 31.2 Å². The molecular weight excluding hydrogens is 284 g/mol. The smallest absolute Gasteiger partial charge is 0.325 e. The average molecular weight is 302 g/mol. The molecule has 1 aliphatic rings. The van der Waals surface area contributed by atoms with Gasteiger partial charge in [0.05, 0.1) is 0 Å². The number of anilines is 1. The van der Waals surface area contributed by atoms with Gasteiger partial charge in [0.25, 0.3) is 0 Å². The van der Waals surface area contributed by atoms with Crippen molar-refractivity contribution < 1.29 is 19.1 Å². The lowest BCUT2D eigenvalue weighted by Gasteiger charge is -2.21. The molecular formula is C16H18N2O4. The van der Waals surface area contributed by atoms with Gasteiger partial charge < -0.3 is 10.1 Å². The number of ether oxygens (including phenoxy) is 1. The van der Waals surface area contributed by atoms with Crippen molar-refractivity contribution in [3.63, 3.8) is 0 Å². The molecule has 2 atom stereocenters. The van der Waals surface area contributed by atoms with Crippen LogP contribution in [0.4, 0.5) is 10.5 Å². The summed E-state index contributed by atoms with van der Waals surface area (Å²) in [5, 5.41) is 4.74. The second-order valence-corrected chi connectivity index (χ2v) is 5.27. The number of hydrogen-bond donors (Lipinski definition) is 2. The third kappa shape index (κ3) is 3.16. The highest BCUT2D eigenvalue weighted by atomic mass is 16.6. The number of benzene rings is 1. The zero-order valence-electron chi connectivity index (χ0n) is 12.3. The second-order valence-electron chi connectivity index (χ2n) is 5.27. The number of allylic oxidation sites excluding steroid dienone is 1. The van der Waals surface area contributed by atoms with Crippen molar-refractivity contribution in [3.8, 4) is 0 Å². The Balaban J connectivity index is 2.07. The van der Waals surface area contributed by atoms with Gasteiger partial charge >= 0.3 is 12.0 Å². The molecule has 1 saturated heterocycles. The number of hydrogen-bond acceptors (Lipinski definition) is 4. The molecule has 2 N–H and O–H groups in total. The number of amides is 3. The normalized spacial score (nSPS) is 23.5. The number of esters is 1. The van der Waals surface area contributed by atoms with Crippen LogP contribution in [0.25, 0.3) is 0 Å². The molecule has 6 nitrogen and oxygen atoms in total. The highest BCUT2D eigenvalue weighted by Crippen LogP contribution is 2.38. The van der Waals surface area contributed by atoms with Crippen molar-refractivity contribution in [3.05, 3.63) is 43.0 Å². The topological polar surface area (TPSA) is 84.5 Å². The summed E-state index contributed by atoms with van der Waals surface area (Å²) in [6, 6.07) is 8.01. The van der Waals surface area contributed by atoms with E-state index in [-0.39, 0.29) is 18.9 Å². The maximum Gasteiger partial charge on any atom is 0.325 e. The Kier molecular flexibility index (Phi) is 4.60. The Morgan fingerprint density at radius 2 is 2.09 bits per heavy atom. The third-order valence-corrected chi connectivity index (χ3v) is 3.52. The Hall–Kier alpha value is -2.63. The fourth-order valence-corrected chi connectivity index (χ4v) is 2.51. The molecule has 0 radical (unpaired) electrons. The number of rotatable bonds is 4. The largest absolute Gasteiger partial charge is 0.462 e. The van der Waals surface area contributed by atoms with Crippen molar-refractivity contribution in [2.45, 2.75) is 25.9 Å². The van der Waals surface area contributed by atoms with Crippen LogP contribution < -0.4 is 10.6 Å². The minimum Gasteiger partial charge on any atom is -0.462 e. The van der Waals surface area contributed by atoms with E-state index in [0.717, 1.165) is 0 Å².